The fourth-order valence-electron chi connectivity index (χ4n) is 2.50. The summed E-state index contributed by atoms with van der Waals surface area (Å²) >= 11 is 0. The molecule has 2 amide bonds. The number of carbonyl (C=O) groups is 3. The molecule has 108 valence electrons. The lowest BCUT2D eigenvalue weighted by Crippen LogP contribution is -2.37. The lowest BCUT2D eigenvalue weighted by Gasteiger charge is -2.15. The monoisotopic (exact) mass is 272 g/mol. The summed E-state index contributed by atoms with van der Waals surface area (Å²) in [5.41, 5.74) is 4.78. The van der Waals surface area contributed by atoms with Gasteiger partial charge >= 0.3 is 12.1 Å². The van der Waals surface area contributed by atoms with Crippen LogP contribution in [0.1, 0.15) is 26.2 Å². The summed E-state index contributed by atoms with van der Waals surface area (Å²) in [7, 11) is 0. The first-order chi connectivity index (χ1) is 8.95. The third kappa shape index (κ3) is 4.42. The van der Waals surface area contributed by atoms with Gasteiger partial charge in [0, 0.05) is 0 Å². The molecule has 0 bridgehead atoms. The Morgan fingerprint density at radius 3 is 2.47 bits per heavy atom. The zero-order valence-electron chi connectivity index (χ0n) is 10.9. The zero-order chi connectivity index (χ0) is 14.4. The molecule has 19 heavy (non-hydrogen) atoms. The van der Waals surface area contributed by atoms with Gasteiger partial charge in [-0.1, -0.05) is 13.3 Å². The van der Waals surface area contributed by atoms with E-state index in [4.69, 9.17) is 10.8 Å². The van der Waals surface area contributed by atoms with Crippen molar-refractivity contribution in [2.24, 2.45) is 23.5 Å². The van der Waals surface area contributed by atoms with Gasteiger partial charge in [0.25, 0.3) is 0 Å². The number of amides is 2. The van der Waals surface area contributed by atoms with Gasteiger partial charge in [0.1, 0.15) is 6.61 Å². The molecule has 1 saturated carbocycles. The number of primary amides is 1. The first-order valence-electron chi connectivity index (χ1n) is 6.38. The minimum atomic E-state index is -0.926. The van der Waals surface area contributed by atoms with Crippen molar-refractivity contribution in [2.45, 2.75) is 26.2 Å². The van der Waals surface area contributed by atoms with Crippen molar-refractivity contribution in [3.05, 3.63) is 0 Å². The van der Waals surface area contributed by atoms with Crippen molar-refractivity contribution in [2.75, 3.05) is 13.2 Å². The van der Waals surface area contributed by atoms with E-state index < -0.39 is 23.9 Å². The highest BCUT2D eigenvalue weighted by molar-refractivity contribution is 5.85. The predicted octanol–water partition coefficient (Wildman–Crippen LogP) is 0.335. The number of nitrogens with two attached hydrogens (primary N) is 1. The molecule has 0 spiro atoms. The molecule has 3 unspecified atom stereocenters. The lowest BCUT2D eigenvalue weighted by atomic mass is 9.95. The largest absolute Gasteiger partial charge is 0.481 e. The second-order valence-corrected chi connectivity index (χ2v) is 4.76. The van der Waals surface area contributed by atoms with Crippen molar-refractivity contribution in [1.29, 1.82) is 0 Å². The Kier molecular flexibility index (Phi) is 5.59. The molecule has 7 nitrogen and oxygen atoms in total. The van der Waals surface area contributed by atoms with Crippen molar-refractivity contribution >= 4 is 18.0 Å². The summed E-state index contributed by atoms with van der Waals surface area (Å²) < 4.78 is 4.48. The molecule has 1 aliphatic rings. The van der Waals surface area contributed by atoms with E-state index in [1.165, 1.54) is 0 Å². The van der Waals surface area contributed by atoms with Gasteiger partial charge in [-0.25, -0.2) is 4.79 Å². The number of hydrogen-bond donors (Lipinski definition) is 3. The number of carboxylic acids is 1. The van der Waals surface area contributed by atoms with E-state index in [1.54, 1.807) is 0 Å². The summed E-state index contributed by atoms with van der Waals surface area (Å²) in [5.74, 6) is -2.07. The van der Waals surface area contributed by atoms with Crippen LogP contribution >= 0.6 is 0 Å². The maximum absolute atomic E-state index is 11.9. The van der Waals surface area contributed by atoms with Crippen LogP contribution < -0.4 is 11.1 Å². The average molecular weight is 272 g/mol. The highest BCUT2D eigenvalue weighted by atomic mass is 16.5. The number of ether oxygens (including phenoxy) is 1. The van der Waals surface area contributed by atoms with Gasteiger partial charge in [0.2, 0.25) is 5.91 Å². The highest BCUT2D eigenvalue weighted by Crippen LogP contribution is 2.38. The van der Waals surface area contributed by atoms with Crippen LogP contribution in [-0.4, -0.2) is 36.2 Å². The summed E-state index contributed by atoms with van der Waals surface area (Å²) in [6.07, 6.45) is 1.11. The second kappa shape index (κ2) is 6.96. The summed E-state index contributed by atoms with van der Waals surface area (Å²) in [6.45, 7) is 2.12. The van der Waals surface area contributed by atoms with E-state index >= 15 is 0 Å². The molecule has 3 atom stereocenters. The smallest absolute Gasteiger partial charge is 0.404 e. The minimum absolute atomic E-state index is 0.0112. The van der Waals surface area contributed by atoms with Gasteiger partial charge in [-0.15, -0.1) is 0 Å². The van der Waals surface area contributed by atoms with Gasteiger partial charge in [0.15, 0.2) is 0 Å². The molecule has 0 aliphatic heterocycles. The summed E-state index contributed by atoms with van der Waals surface area (Å²) in [4.78, 5) is 33.4. The molecule has 0 saturated heterocycles. The SMILES string of the molecule is CCC1CC(C(=O)O)C(C(=O)NCCOC(N)=O)C1. The van der Waals surface area contributed by atoms with Crippen LogP contribution in [0.5, 0.6) is 0 Å². The van der Waals surface area contributed by atoms with Crippen LogP contribution in [0.15, 0.2) is 0 Å². The van der Waals surface area contributed by atoms with Gasteiger partial charge in [-0.05, 0) is 18.8 Å². The molecule has 1 rings (SSSR count). The van der Waals surface area contributed by atoms with Crippen LogP contribution in [0.4, 0.5) is 4.79 Å². The molecule has 0 aromatic carbocycles. The Bertz CT molecular complexity index is 358. The topological polar surface area (TPSA) is 119 Å². The van der Waals surface area contributed by atoms with E-state index in [1.807, 2.05) is 6.92 Å². The van der Waals surface area contributed by atoms with Gasteiger partial charge in [-0.2, -0.15) is 0 Å². The van der Waals surface area contributed by atoms with E-state index in [-0.39, 0.29) is 25.0 Å². The Balaban J connectivity index is 2.45. The number of carboxylic acid groups (broad SMARTS) is 1. The van der Waals surface area contributed by atoms with E-state index in [9.17, 15) is 14.4 Å². The van der Waals surface area contributed by atoms with E-state index in [2.05, 4.69) is 10.1 Å². The van der Waals surface area contributed by atoms with Crippen molar-refractivity contribution in [3.8, 4) is 0 Å². The Labute approximate surface area is 111 Å². The van der Waals surface area contributed by atoms with Crippen LogP contribution in [0.3, 0.4) is 0 Å². The Morgan fingerprint density at radius 1 is 1.32 bits per heavy atom. The molecule has 7 heteroatoms. The standard InChI is InChI=1S/C12H20N2O5/c1-2-7-5-8(9(6-7)11(16)17)10(15)14-3-4-19-12(13)18/h7-9H,2-6H2,1H3,(H2,13,18)(H,14,15)(H,16,17). The van der Waals surface area contributed by atoms with E-state index in [0.717, 1.165) is 6.42 Å². The third-order valence-electron chi connectivity index (χ3n) is 3.54. The number of hydrogen-bond acceptors (Lipinski definition) is 4. The molecular formula is C12H20N2O5. The number of aliphatic carboxylic acids is 1. The fourth-order valence-corrected chi connectivity index (χ4v) is 2.50. The molecule has 4 N–H and O–H groups in total. The number of nitrogens with one attached hydrogen (secondary N) is 1. The Morgan fingerprint density at radius 2 is 1.95 bits per heavy atom. The second-order valence-electron chi connectivity index (χ2n) is 4.76. The zero-order valence-corrected chi connectivity index (χ0v) is 10.9. The van der Waals surface area contributed by atoms with Gasteiger partial charge < -0.3 is 20.9 Å². The quantitative estimate of drug-likeness (QED) is 0.602. The van der Waals surface area contributed by atoms with Crippen molar-refractivity contribution in [1.82, 2.24) is 5.32 Å². The number of rotatable bonds is 6. The third-order valence-corrected chi connectivity index (χ3v) is 3.54. The Hall–Kier alpha value is -1.79. The van der Waals surface area contributed by atoms with Crippen molar-refractivity contribution < 1.29 is 24.2 Å². The molecular weight excluding hydrogens is 252 g/mol. The van der Waals surface area contributed by atoms with Crippen LogP contribution in [0.2, 0.25) is 0 Å². The molecule has 0 radical (unpaired) electrons. The maximum atomic E-state index is 11.9. The fraction of sp³-hybridized carbons (Fsp3) is 0.750. The lowest BCUT2D eigenvalue weighted by molar-refractivity contribution is -0.146. The van der Waals surface area contributed by atoms with Crippen LogP contribution in [-0.2, 0) is 14.3 Å². The summed E-state index contributed by atoms with van der Waals surface area (Å²) in [5, 5.41) is 11.7. The average Bonchev–Trinajstić information content (AvgIpc) is 2.78. The normalized spacial score (nSPS) is 25.8. The first-order valence-corrected chi connectivity index (χ1v) is 6.38. The molecule has 0 heterocycles. The first kappa shape index (κ1) is 15.3. The minimum Gasteiger partial charge on any atom is -0.481 e. The van der Waals surface area contributed by atoms with Crippen molar-refractivity contribution in [3.63, 3.8) is 0 Å². The number of carbonyl (C=O) groups excluding carboxylic acids is 2. The molecule has 0 aromatic rings. The van der Waals surface area contributed by atoms with E-state index in [0.29, 0.717) is 12.8 Å². The van der Waals surface area contributed by atoms with Gasteiger partial charge in [0.05, 0.1) is 18.4 Å². The maximum Gasteiger partial charge on any atom is 0.404 e. The van der Waals surface area contributed by atoms with Crippen LogP contribution in [0, 0.1) is 17.8 Å². The highest BCUT2D eigenvalue weighted by Gasteiger charge is 2.41. The molecule has 1 fully saturated rings. The predicted molar refractivity (Wildman–Crippen MR) is 66.2 cm³/mol. The van der Waals surface area contributed by atoms with Crippen LogP contribution in [0.25, 0.3) is 0 Å². The molecule has 0 aromatic heterocycles. The van der Waals surface area contributed by atoms with Gasteiger partial charge in [-0.3, -0.25) is 9.59 Å². The summed E-state index contributed by atoms with van der Waals surface area (Å²) in [6, 6.07) is 0. The molecule has 1 aliphatic carbocycles.